The Labute approximate surface area is 113 Å². The van der Waals surface area contributed by atoms with E-state index in [-0.39, 0.29) is 4.99 Å². The molecule has 2 N–H and O–H groups in total. The number of rotatable bonds is 2. The summed E-state index contributed by atoms with van der Waals surface area (Å²) >= 11 is 4.82. The fourth-order valence-electron chi connectivity index (χ4n) is 2.20. The van der Waals surface area contributed by atoms with Crippen LogP contribution in [-0.4, -0.2) is 28.4 Å². The molecule has 0 radical (unpaired) electrons. The van der Waals surface area contributed by atoms with Crippen LogP contribution in [0.1, 0.15) is 23.2 Å². The minimum absolute atomic E-state index is 0.105. The molecule has 1 aromatic carbocycles. The van der Waals surface area contributed by atoms with Gasteiger partial charge in [0.1, 0.15) is 23.0 Å². The number of carbonyl (C=O) groups excluding carboxylic acids is 1. The van der Waals surface area contributed by atoms with E-state index in [1.54, 1.807) is 0 Å². The lowest BCUT2D eigenvalue weighted by atomic mass is 10.1. The number of hydrogen-bond acceptors (Lipinski definition) is 2. The lowest BCUT2D eigenvalue weighted by Crippen LogP contribution is -2.43. The summed E-state index contributed by atoms with van der Waals surface area (Å²) in [6, 6.07) is 0.441. The number of benzene rings is 1. The van der Waals surface area contributed by atoms with Crippen molar-refractivity contribution in [1.29, 1.82) is 0 Å². The third-order valence-corrected chi connectivity index (χ3v) is 3.33. The quantitative estimate of drug-likeness (QED) is 0.847. The molecule has 19 heavy (non-hydrogen) atoms. The lowest BCUT2D eigenvalue weighted by molar-refractivity contribution is 0.0760. The van der Waals surface area contributed by atoms with Crippen LogP contribution in [0.4, 0.5) is 13.2 Å². The number of halogens is 3. The Morgan fingerprint density at radius 1 is 1.32 bits per heavy atom. The SMILES string of the molecule is NC(=S)C1CCCN1C(=O)c1c(F)cc(F)cc1F. The Morgan fingerprint density at radius 3 is 2.42 bits per heavy atom. The van der Waals surface area contributed by atoms with Crippen LogP contribution in [0.15, 0.2) is 12.1 Å². The van der Waals surface area contributed by atoms with Crippen LogP contribution in [0.2, 0.25) is 0 Å². The van der Waals surface area contributed by atoms with E-state index in [0.29, 0.717) is 31.5 Å². The number of carbonyl (C=O) groups is 1. The first-order valence-corrected chi connectivity index (χ1v) is 6.07. The molecule has 2 rings (SSSR count). The number of thiocarbonyl (C=S) groups is 1. The smallest absolute Gasteiger partial charge is 0.260 e. The molecule has 1 aliphatic heterocycles. The largest absolute Gasteiger partial charge is 0.392 e. The van der Waals surface area contributed by atoms with Gasteiger partial charge in [-0.15, -0.1) is 0 Å². The van der Waals surface area contributed by atoms with Gasteiger partial charge in [0.05, 0.1) is 11.0 Å². The summed E-state index contributed by atoms with van der Waals surface area (Å²) < 4.78 is 39.9. The molecule has 1 fully saturated rings. The molecule has 102 valence electrons. The first-order valence-electron chi connectivity index (χ1n) is 5.66. The van der Waals surface area contributed by atoms with Gasteiger partial charge in [0, 0.05) is 18.7 Å². The Kier molecular flexibility index (Phi) is 3.75. The lowest BCUT2D eigenvalue weighted by Gasteiger charge is -2.24. The van der Waals surface area contributed by atoms with Crippen molar-refractivity contribution in [3.05, 3.63) is 35.1 Å². The molecule has 1 amide bonds. The van der Waals surface area contributed by atoms with Gasteiger partial charge in [-0.1, -0.05) is 12.2 Å². The van der Waals surface area contributed by atoms with Gasteiger partial charge in [0.2, 0.25) is 0 Å². The number of hydrogen-bond donors (Lipinski definition) is 1. The minimum Gasteiger partial charge on any atom is -0.392 e. The van der Waals surface area contributed by atoms with Crippen LogP contribution in [0.3, 0.4) is 0 Å². The zero-order valence-corrected chi connectivity index (χ0v) is 10.6. The van der Waals surface area contributed by atoms with Crippen LogP contribution in [0, 0.1) is 17.5 Å². The predicted octanol–water partition coefficient (Wildman–Crippen LogP) is 1.99. The molecule has 1 heterocycles. The molecule has 1 saturated heterocycles. The van der Waals surface area contributed by atoms with Gasteiger partial charge < -0.3 is 10.6 Å². The molecule has 3 nitrogen and oxygen atoms in total. The maximum Gasteiger partial charge on any atom is 0.260 e. The highest BCUT2D eigenvalue weighted by molar-refractivity contribution is 7.80. The Morgan fingerprint density at radius 2 is 1.89 bits per heavy atom. The highest BCUT2D eigenvalue weighted by Gasteiger charge is 2.34. The summed E-state index contributed by atoms with van der Waals surface area (Å²) in [5, 5.41) is 0. The summed E-state index contributed by atoms with van der Waals surface area (Å²) in [5.74, 6) is -4.38. The maximum atomic E-state index is 13.6. The summed E-state index contributed by atoms with van der Waals surface area (Å²) in [5.41, 5.74) is 4.72. The van der Waals surface area contributed by atoms with Gasteiger partial charge >= 0.3 is 0 Å². The van der Waals surface area contributed by atoms with Gasteiger partial charge in [0.25, 0.3) is 5.91 Å². The summed E-state index contributed by atoms with van der Waals surface area (Å²) in [7, 11) is 0. The van der Waals surface area contributed by atoms with Gasteiger partial charge in [-0.3, -0.25) is 4.79 Å². The minimum atomic E-state index is -1.23. The van der Waals surface area contributed by atoms with Crippen molar-refractivity contribution in [1.82, 2.24) is 4.90 Å². The van der Waals surface area contributed by atoms with E-state index in [1.807, 2.05) is 0 Å². The molecule has 0 aliphatic carbocycles. The molecule has 0 saturated carbocycles. The second-order valence-electron chi connectivity index (χ2n) is 4.30. The van der Waals surface area contributed by atoms with E-state index in [9.17, 15) is 18.0 Å². The van der Waals surface area contributed by atoms with Crippen molar-refractivity contribution in [3.8, 4) is 0 Å². The maximum absolute atomic E-state index is 13.6. The van der Waals surface area contributed by atoms with Crippen LogP contribution in [0.25, 0.3) is 0 Å². The predicted molar refractivity (Wildman–Crippen MR) is 67.2 cm³/mol. The topological polar surface area (TPSA) is 46.3 Å². The van der Waals surface area contributed by atoms with Crippen LogP contribution in [0.5, 0.6) is 0 Å². The van der Waals surface area contributed by atoms with Gasteiger partial charge in [0.15, 0.2) is 0 Å². The van der Waals surface area contributed by atoms with E-state index in [2.05, 4.69) is 0 Å². The first kappa shape index (κ1) is 13.8. The van der Waals surface area contributed by atoms with Crippen molar-refractivity contribution >= 4 is 23.1 Å². The van der Waals surface area contributed by atoms with Gasteiger partial charge in [-0.2, -0.15) is 0 Å². The number of amides is 1. The van der Waals surface area contributed by atoms with Crippen LogP contribution >= 0.6 is 12.2 Å². The van der Waals surface area contributed by atoms with Crippen molar-refractivity contribution in [2.24, 2.45) is 5.73 Å². The van der Waals surface area contributed by atoms with E-state index < -0.39 is 35.0 Å². The Bertz CT molecular complexity index is 527. The molecular weight excluding hydrogens is 277 g/mol. The third kappa shape index (κ3) is 2.56. The zero-order chi connectivity index (χ0) is 14.2. The normalized spacial score (nSPS) is 18.7. The number of nitrogens with zero attached hydrogens (tertiary/aromatic N) is 1. The third-order valence-electron chi connectivity index (χ3n) is 3.06. The van der Waals surface area contributed by atoms with Gasteiger partial charge in [-0.05, 0) is 12.8 Å². The summed E-state index contributed by atoms with van der Waals surface area (Å²) in [6.07, 6.45) is 1.21. The Hall–Kier alpha value is -1.63. The van der Waals surface area contributed by atoms with E-state index >= 15 is 0 Å². The molecule has 0 spiro atoms. The standard InChI is InChI=1S/C12H11F3N2OS/c13-6-4-7(14)10(8(15)5-6)12(18)17-3-1-2-9(17)11(16)19/h4-5,9H,1-3H2,(H2,16,19). The van der Waals surface area contributed by atoms with Crippen molar-refractivity contribution < 1.29 is 18.0 Å². The van der Waals surface area contributed by atoms with E-state index in [1.165, 1.54) is 4.90 Å². The number of likely N-dealkylation sites (tertiary alicyclic amines) is 1. The molecule has 0 aromatic heterocycles. The van der Waals surface area contributed by atoms with Crippen molar-refractivity contribution in [2.75, 3.05) is 6.54 Å². The first-order chi connectivity index (χ1) is 8.91. The second-order valence-corrected chi connectivity index (χ2v) is 4.77. The van der Waals surface area contributed by atoms with Crippen LogP contribution < -0.4 is 5.73 Å². The number of nitrogens with two attached hydrogens (primary N) is 1. The molecule has 1 atom stereocenters. The monoisotopic (exact) mass is 288 g/mol. The average Bonchev–Trinajstić information content (AvgIpc) is 2.75. The van der Waals surface area contributed by atoms with Crippen molar-refractivity contribution in [2.45, 2.75) is 18.9 Å². The Balaban J connectivity index is 2.37. The van der Waals surface area contributed by atoms with Crippen molar-refractivity contribution in [3.63, 3.8) is 0 Å². The molecule has 1 aliphatic rings. The molecular formula is C12H11F3N2OS. The molecule has 1 aromatic rings. The second kappa shape index (κ2) is 5.16. The molecule has 0 bridgehead atoms. The fraction of sp³-hybridized carbons (Fsp3) is 0.333. The zero-order valence-electron chi connectivity index (χ0n) is 9.83. The highest BCUT2D eigenvalue weighted by Crippen LogP contribution is 2.23. The summed E-state index contributed by atoms with van der Waals surface area (Å²) in [4.78, 5) is 13.5. The van der Waals surface area contributed by atoms with Gasteiger partial charge in [-0.25, -0.2) is 13.2 Å². The highest BCUT2D eigenvalue weighted by atomic mass is 32.1. The van der Waals surface area contributed by atoms with Crippen LogP contribution in [-0.2, 0) is 0 Å². The molecule has 7 heteroatoms. The fourth-order valence-corrected chi connectivity index (χ4v) is 2.44. The van der Waals surface area contributed by atoms with E-state index in [0.717, 1.165) is 0 Å². The summed E-state index contributed by atoms with van der Waals surface area (Å²) in [6.45, 7) is 0.317. The average molecular weight is 288 g/mol. The molecule has 1 unspecified atom stereocenters. The van der Waals surface area contributed by atoms with E-state index in [4.69, 9.17) is 18.0 Å².